The summed E-state index contributed by atoms with van der Waals surface area (Å²) in [7, 11) is 1.73. The Hall–Kier alpha value is -0.500. The van der Waals surface area contributed by atoms with Crippen LogP contribution in [0.5, 0.6) is 5.75 Å². The van der Waals surface area contributed by atoms with Crippen LogP contribution in [0.2, 0.25) is 0 Å². The van der Waals surface area contributed by atoms with Gasteiger partial charge < -0.3 is 4.74 Å². The summed E-state index contributed by atoms with van der Waals surface area (Å²) in [4.78, 5) is 0. The van der Waals surface area contributed by atoms with E-state index in [4.69, 9.17) is 4.74 Å². The standard InChI is InChI=1S/C12H17BrO/c1-4-10(8-13)11-7-9(2)5-6-12(11)14-3/h5-7,10H,4,8H2,1-3H3. The number of ether oxygens (including phenoxy) is 1. The molecule has 0 aliphatic rings. The third-order valence-electron chi connectivity index (χ3n) is 2.50. The molecule has 0 saturated carbocycles. The molecule has 1 aromatic carbocycles. The molecule has 14 heavy (non-hydrogen) atoms. The van der Waals surface area contributed by atoms with E-state index >= 15 is 0 Å². The molecular weight excluding hydrogens is 240 g/mol. The van der Waals surface area contributed by atoms with E-state index in [9.17, 15) is 0 Å². The SMILES string of the molecule is CCC(CBr)c1cc(C)ccc1OC. The Morgan fingerprint density at radius 1 is 1.43 bits per heavy atom. The molecule has 0 N–H and O–H groups in total. The molecule has 0 fully saturated rings. The van der Waals surface area contributed by atoms with E-state index in [1.54, 1.807) is 7.11 Å². The molecule has 0 aliphatic carbocycles. The van der Waals surface area contributed by atoms with E-state index in [2.05, 4.69) is 48.0 Å². The zero-order valence-electron chi connectivity index (χ0n) is 9.01. The Balaban J connectivity index is 3.08. The van der Waals surface area contributed by atoms with Crippen LogP contribution in [-0.4, -0.2) is 12.4 Å². The van der Waals surface area contributed by atoms with Crippen LogP contribution < -0.4 is 4.74 Å². The quantitative estimate of drug-likeness (QED) is 0.743. The Bertz CT molecular complexity index is 292. The zero-order chi connectivity index (χ0) is 10.6. The van der Waals surface area contributed by atoms with Gasteiger partial charge in [-0.1, -0.05) is 40.5 Å². The summed E-state index contributed by atoms with van der Waals surface area (Å²) < 4.78 is 5.36. The molecule has 1 rings (SSSR count). The van der Waals surface area contributed by atoms with Crippen molar-refractivity contribution in [3.05, 3.63) is 29.3 Å². The molecule has 0 aromatic heterocycles. The van der Waals surface area contributed by atoms with Gasteiger partial charge in [-0.3, -0.25) is 0 Å². The number of aryl methyl sites for hydroxylation is 1. The number of hydrogen-bond acceptors (Lipinski definition) is 1. The minimum Gasteiger partial charge on any atom is -0.496 e. The maximum Gasteiger partial charge on any atom is 0.122 e. The monoisotopic (exact) mass is 256 g/mol. The lowest BCUT2D eigenvalue weighted by molar-refractivity contribution is 0.406. The fourth-order valence-electron chi connectivity index (χ4n) is 1.58. The molecule has 0 spiro atoms. The summed E-state index contributed by atoms with van der Waals surface area (Å²) >= 11 is 3.55. The molecule has 0 aliphatic heterocycles. The van der Waals surface area contributed by atoms with Crippen LogP contribution in [0.25, 0.3) is 0 Å². The molecule has 0 radical (unpaired) electrons. The maximum atomic E-state index is 5.36. The number of halogens is 1. The van der Waals surface area contributed by atoms with Gasteiger partial charge in [0.05, 0.1) is 7.11 Å². The van der Waals surface area contributed by atoms with E-state index in [0.29, 0.717) is 5.92 Å². The van der Waals surface area contributed by atoms with Gasteiger partial charge in [-0.15, -0.1) is 0 Å². The first kappa shape index (κ1) is 11.6. The average Bonchev–Trinajstić information content (AvgIpc) is 2.20. The molecule has 1 aromatic rings. The van der Waals surface area contributed by atoms with Gasteiger partial charge in [-0.2, -0.15) is 0 Å². The van der Waals surface area contributed by atoms with Crippen LogP contribution in [0.1, 0.15) is 30.4 Å². The molecule has 2 heteroatoms. The van der Waals surface area contributed by atoms with E-state index < -0.39 is 0 Å². The average molecular weight is 257 g/mol. The lowest BCUT2D eigenvalue weighted by Crippen LogP contribution is -2.02. The Kier molecular flexibility index (Phi) is 4.46. The third kappa shape index (κ3) is 2.50. The summed E-state index contributed by atoms with van der Waals surface area (Å²) in [6.07, 6.45) is 1.13. The number of methoxy groups -OCH3 is 1. The minimum absolute atomic E-state index is 0.546. The molecular formula is C12H17BrO. The summed E-state index contributed by atoms with van der Waals surface area (Å²) in [5.41, 5.74) is 2.60. The summed E-state index contributed by atoms with van der Waals surface area (Å²) in [5.74, 6) is 1.55. The lowest BCUT2D eigenvalue weighted by Gasteiger charge is -2.16. The Morgan fingerprint density at radius 2 is 2.14 bits per heavy atom. The Labute approximate surface area is 94.6 Å². The molecule has 0 heterocycles. The van der Waals surface area contributed by atoms with Gasteiger partial charge in [-0.25, -0.2) is 0 Å². The fourth-order valence-corrected chi connectivity index (χ4v) is 2.39. The summed E-state index contributed by atoms with van der Waals surface area (Å²) in [5, 5.41) is 0.989. The second kappa shape index (κ2) is 5.40. The molecule has 78 valence electrons. The van der Waals surface area contributed by atoms with Gasteiger partial charge in [0.15, 0.2) is 0 Å². The van der Waals surface area contributed by atoms with Crippen molar-refractivity contribution in [1.82, 2.24) is 0 Å². The number of alkyl halides is 1. The first-order valence-electron chi connectivity index (χ1n) is 4.93. The third-order valence-corrected chi connectivity index (χ3v) is 3.29. The van der Waals surface area contributed by atoms with Crippen LogP contribution >= 0.6 is 15.9 Å². The van der Waals surface area contributed by atoms with E-state index in [1.165, 1.54) is 11.1 Å². The van der Waals surface area contributed by atoms with E-state index in [0.717, 1.165) is 17.5 Å². The van der Waals surface area contributed by atoms with Crippen molar-refractivity contribution in [3.63, 3.8) is 0 Å². The summed E-state index contributed by atoms with van der Waals surface area (Å²) in [6.45, 7) is 4.32. The molecule has 1 nitrogen and oxygen atoms in total. The molecule has 0 amide bonds. The van der Waals surface area contributed by atoms with Gasteiger partial charge in [0.25, 0.3) is 0 Å². The van der Waals surface area contributed by atoms with Crippen molar-refractivity contribution < 1.29 is 4.74 Å². The molecule has 1 unspecified atom stereocenters. The number of benzene rings is 1. The van der Waals surface area contributed by atoms with Gasteiger partial charge in [0.1, 0.15) is 5.75 Å². The van der Waals surface area contributed by atoms with Gasteiger partial charge in [0, 0.05) is 5.33 Å². The van der Waals surface area contributed by atoms with Crippen LogP contribution in [-0.2, 0) is 0 Å². The van der Waals surface area contributed by atoms with Crippen molar-refractivity contribution in [1.29, 1.82) is 0 Å². The van der Waals surface area contributed by atoms with E-state index in [-0.39, 0.29) is 0 Å². The lowest BCUT2D eigenvalue weighted by atomic mass is 9.96. The highest BCUT2D eigenvalue weighted by Crippen LogP contribution is 2.30. The van der Waals surface area contributed by atoms with Crippen LogP contribution in [0.4, 0.5) is 0 Å². The zero-order valence-corrected chi connectivity index (χ0v) is 10.6. The number of hydrogen-bond donors (Lipinski definition) is 0. The smallest absolute Gasteiger partial charge is 0.122 e. The highest BCUT2D eigenvalue weighted by molar-refractivity contribution is 9.09. The molecule has 0 bridgehead atoms. The first-order valence-corrected chi connectivity index (χ1v) is 6.05. The number of rotatable bonds is 4. The molecule has 1 atom stereocenters. The second-order valence-electron chi connectivity index (χ2n) is 3.50. The minimum atomic E-state index is 0.546. The van der Waals surface area contributed by atoms with Crippen molar-refractivity contribution in [3.8, 4) is 5.75 Å². The maximum absolute atomic E-state index is 5.36. The van der Waals surface area contributed by atoms with Crippen LogP contribution in [0.3, 0.4) is 0 Å². The van der Waals surface area contributed by atoms with E-state index in [1.807, 2.05) is 0 Å². The van der Waals surface area contributed by atoms with Gasteiger partial charge in [-0.05, 0) is 30.9 Å². The first-order chi connectivity index (χ1) is 6.72. The highest BCUT2D eigenvalue weighted by atomic mass is 79.9. The fraction of sp³-hybridized carbons (Fsp3) is 0.500. The van der Waals surface area contributed by atoms with Crippen LogP contribution in [0, 0.1) is 6.92 Å². The highest BCUT2D eigenvalue weighted by Gasteiger charge is 2.12. The van der Waals surface area contributed by atoms with Gasteiger partial charge in [0.2, 0.25) is 0 Å². The molecule has 0 saturated heterocycles. The predicted octanol–water partition coefficient (Wildman–Crippen LogP) is 3.89. The topological polar surface area (TPSA) is 9.23 Å². The van der Waals surface area contributed by atoms with Crippen molar-refractivity contribution in [2.45, 2.75) is 26.2 Å². The van der Waals surface area contributed by atoms with Crippen LogP contribution in [0.15, 0.2) is 18.2 Å². The second-order valence-corrected chi connectivity index (χ2v) is 4.15. The normalized spacial score (nSPS) is 12.6. The van der Waals surface area contributed by atoms with Crippen molar-refractivity contribution >= 4 is 15.9 Å². The predicted molar refractivity (Wildman–Crippen MR) is 64.6 cm³/mol. The largest absolute Gasteiger partial charge is 0.496 e. The summed E-state index contributed by atoms with van der Waals surface area (Å²) in [6, 6.07) is 6.35. The van der Waals surface area contributed by atoms with Crippen molar-refractivity contribution in [2.24, 2.45) is 0 Å². The Morgan fingerprint density at radius 3 is 2.64 bits per heavy atom. The van der Waals surface area contributed by atoms with Crippen molar-refractivity contribution in [2.75, 3.05) is 12.4 Å². The van der Waals surface area contributed by atoms with Gasteiger partial charge >= 0.3 is 0 Å².